The maximum Gasteiger partial charge on any atom is 0.338 e. The summed E-state index contributed by atoms with van der Waals surface area (Å²) in [7, 11) is 0. The number of hydrogen-bond acceptors (Lipinski definition) is 2. The Bertz CT molecular complexity index is 521. The van der Waals surface area contributed by atoms with Gasteiger partial charge in [-0.25, -0.2) is 4.79 Å². The van der Waals surface area contributed by atoms with Crippen LogP contribution >= 0.6 is 11.6 Å². The first-order valence-corrected chi connectivity index (χ1v) is 5.39. The van der Waals surface area contributed by atoms with Crippen molar-refractivity contribution in [2.45, 2.75) is 26.2 Å². The van der Waals surface area contributed by atoms with Gasteiger partial charge in [0.25, 0.3) is 0 Å². The highest BCUT2D eigenvalue weighted by Gasteiger charge is 1.95. The first kappa shape index (κ1) is 12.4. The predicted octanol–water partition coefficient (Wildman–Crippen LogP) is 2.84. The zero-order valence-electron chi connectivity index (χ0n) is 8.97. The first-order chi connectivity index (χ1) is 7.72. The number of rotatable bonds is 2. The summed E-state index contributed by atoms with van der Waals surface area (Å²) in [5.74, 6) is 11.1. The Hall–Kier alpha value is -1.64. The zero-order chi connectivity index (χ0) is 11.8. The second kappa shape index (κ2) is 6.77. The van der Waals surface area contributed by atoms with Gasteiger partial charge >= 0.3 is 5.63 Å². The number of hydrogen-bond donors (Lipinski definition) is 0. The highest BCUT2D eigenvalue weighted by atomic mass is 35.5. The molecular formula is C13H11ClO2. The third kappa shape index (κ3) is 4.73. The molecule has 0 amide bonds. The zero-order valence-corrected chi connectivity index (χ0v) is 9.73. The minimum atomic E-state index is -0.504. The molecule has 0 aromatic carbocycles. The molecule has 1 aromatic rings. The maximum atomic E-state index is 10.9. The molecule has 0 spiro atoms. The molecule has 0 radical (unpaired) electrons. The lowest BCUT2D eigenvalue weighted by molar-refractivity contribution is 0.499. The average molecular weight is 235 g/mol. The number of unbranched alkanes of at least 4 members (excludes halogenated alkanes) is 2. The summed E-state index contributed by atoms with van der Waals surface area (Å²) in [6.07, 6.45) is 3.02. The monoisotopic (exact) mass is 234 g/mol. The van der Waals surface area contributed by atoms with Crippen LogP contribution in [0.1, 0.15) is 31.9 Å². The van der Waals surface area contributed by atoms with Crippen LogP contribution in [0.2, 0.25) is 5.02 Å². The van der Waals surface area contributed by atoms with E-state index in [0.717, 1.165) is 19.3 Å². The van der Waals surface area contributed by atoms with Crippen molar-refractivity contribution in [3.8, 4) is 23.7 Å². The summed E-state index contributed by atoms with van der Waals surface area (Å²) in [6, 6.07) is 2.68. The van der Waals surface area contributed by atoms with E-state index in [-0.39, 0.29) is 5.76 Å². The molecule has 2 nitrogen and oxygen atoms in total. The quantitative estimate of drug-likeness (QED) is 0.582. The van der Waals surface area contributed by atoms with Crippen LogP contribution in [-0.4, -0.2) is 0 Å². The highest BCUT2D eigenvalue weighted by molar-refractivity contribution is 6.30. The van der Waals surface area contributed by atoms with Gasteiger partial charge in [0.05, 0.1) is 5.02 Å². The van der Waals surface area contributed by atoms with Gasteiger partial charge in [0.15, 0.2) is 5.76 Å². The summed E-state index contributed by atoms with van der Waals surface area (Å²) < 4.78 is 4.80. The fourth-order valence-electron chi connectivity index (χ4n) is 0.973. The molecule has 0 N–H and O–H groups in total. The van der Waals surface area contributed by atoms with Crippen LogP contribution in [0, 0.1) is 23.7 Å². The van der Waals surface area contributed by atoms with E-state index >= 15 is 0 Å². The van der Waals surface area contributed by atoms with Crippen LogP contribution in [0.3, 0.4) is 0 Å². The topological polar surface area (TPSA) is 30.2 Å². The maximum absolute atomic E-state index is 10.9. The van der Waals surface area contributed by atoms with Gasteiger partial charge in [0.2, 0.25) is 0 Å². The second-order valence-corrected chi connectivity index (χ2v) is 3.55. The van der Waals surface area contributed by atoms with Crippen molar-refractivity contribution in [2.75, 3.05) is 0 Å². The molecule has 1 heterocycles. The highest BCUT2D eigenvalue weighted by Crippen LogP contribution is 2.05. The molecule has 0 aliphatic heterocycles. The predicted molar refractivity (Wildman–Crippen MR) is 64.2 cm³/mol. The molecule has 1 aromatic heterocycles. The average Bonchev–Trinajstić information content (AvgIpc) is 2.22. The first-order valence-electron chi connectivity index (χ1n) is 5.02. The van der Waals surface area contributed by atoms with Crippen LogP contribution in [0.15, 0.2) is 21.3 Å². The minimum Gasteiger partial charge on any atom is -0.414 e. The molecule has 0 unspecified atom stereocenters. The molecular weight excluding hydrogens is 224 g/mol. The second-order valence-electron chi connectivity index (χ2n) is 3.11. The van der Waals surface area contributed by atoms with Gasteiger partial charge in [0, 0.05) is 18.6 Å². The Labute approximate surface area is 99.6 Å². The molecule has 0 bridgehead atoms. The molecule has 0 aliphatic rings. The van der Waals surface area contributed by atoms with Gasteiger partial charge in [-0.05, 0) is 24.2 Å². The number of halogens is 1. The largest absolute Gasteiger partial charge is 0.414 e. The lowest BCUT2D eigenvalue weighted by Crippen LogP contribution is -1.96. The van der Waals surface area contributed by atoms with Crippen molar-refractivity contribution in [1.82, 2.24) is 0 Å². The van der Waals surface area contributed by atoms with Gasteiger partial charge < -0.3 is 4.42 Å². The van der Waals surface area contributed by atoms with E-state index in [9.17, 15) is 4.79 Å². The normalized spacial score (nSPS) is 8.62. The van der Waals surface area contributed by atoms with E-state index < -0.39 is 5.63 Å². The van der Waals surface area contributed by atoms with Gasteiger partial charge in [-0.3, -0.25) is 0 Å². The third-order valence-corrected chi connectivity index (χ3v) is 1.95. The van der Waals surface area contributed by atoms with E-state index in [1.165, 1.54) is 12.1 Å². The molecule has 1 rings (SSSR count). The lowest BCUT2D eigenvalue weighted by Gasteiger charge is -1.88. The summed E-state index contributed by atoms with van der Waals surface area (Å²) >= 11 is 5.67. The van der Waals surface area contributed by atoms with Crippen molar-refractivity contribution in [3.05, 3.63) is 33.3 Å². The van der Waals surface area contributed by atoms with Crippen LogP contribution < -0.4 is 5.63 Å². The lowest BCUT2D eigenvalue weighted by atomic mass is 10.2. The van der Waals surface area contributed by atoms with Gasteiger partial charge in [-0.1, -0.05) is 30.9 Å². The molecule has 82 valence electrons. The van der Waals surface area contributed by atoms with Gasteiger partial charge in [-0.2, -0.15) is 0 Å². The van der Waals surface area contributed by atoms with Crippen molar-refractivity contribution in [2.24, 2.45) is 0 Å². The van der Waals surface area contributed by atoms with Crippen molar-refractivity contribution in [1.29, 1.82) is 0 Å². The summed E-state index contributed by atoms with van der Waals surface area (Å²) in [4.78, 5) is 10.9. The van der Waals surface area contributed by atoms with E-state index in [0.29, 0.717) is 5.02 Å². The van der Waals surface area contributed by atoms with Gasteiger partial charge in [0.1, 0.15) is 0 Å². The Morgan fingerprint density at radius 2 is 2.19 bits per heavy atom. The molecule has 0 aliphatic carbocycles. The fourth-order valence-corrected chi connectivity index (χ4v) is 1.16. The van der Waals surface area contributed by atoms with E-state index in [2.05, 4.69) is 30.6 Å². The standard InChI is InChI=1S/C13H11ClO2/c1-2-3-4-5-6-7-8-12-9-11(14)10-13(15)16-12/h9-10H,2-4H2,1H3. The summed E-state index contributed by atoms with van der Waals surface area (Å²) in [6.45, 7) is 2.11. The SMILES string of the molecule is CCCCC#CC#Cc1cc(Cl)cc(=O)o1. The van der Waals surface area contributed by atoms with E-state index in [1.807, 2.05) is 0 Å². The van der Waals surface area contributed by atoms with Crippen LogP contribution in [-0.2, 0) is 0 Å². The van der Waals surface area contributed by atoms with Gasteiger partial charge in [-0.15, -0.1) is 0 Å². The molecule has 3 heteroatoms. The Morgan fingerprint density at radius 1 is 1.38 bits per heavy atom. The molecule has 0 atom stereocenters. The van der Waals surface area contributed by atoms with Crippen molar-refractivity contribution in [3.63, 3.8) is 0 Å². The van der Waals surface area contributed by atoms with Crippen molar-refractivity contribution >= 4 is 11.6 Å². The molecule has 0 saturated heterocycles. The fraction of sp³-hybridized carbons (Fsp3) is 0.308. The molecule has 0 fully saturated rings. The summed E-state index contributed by atoms with van der Waals surface area (Å²) in [5.41, 5.74) is -0.504. The summed E-state index contributed by atoms with van der Waals surface area (Å²) in [5, 5.41) is 0.319. The minimum absolute atomic E-state index is 0.238. The Kier molecular flexibility index (Phi) is 5.26. The Balaban J connectivity index is 2.68. The Morgan fingerprint density at radius 3 is 2.88 bits per heavy atom. The van der Waals surface area contributed by atoms with Crippen molar-refractivity contribution < 1.29 is 4.42 Å². The molecule has 0 saturated carbocycles. The van der Waals surface area contributed by atoms with Crippen LogP contribution in [0.5, 0.6) is 0 Å². The van der Waals surface area contributed by atoms with Crippen LogP contribution in [0.25, 0.3) is 0 Å². The third-order valence-electron chi connectivity index (χ3n) is 1.73. The van der Waals surface area contributed by atoms with E-state index in [4.69, 9.17) is 16.0 Å². The van der Waals surface area contributed by atoms with E-state index in [1.54, 1.807) is 0 Å². The molecule has 16 heavy (non-hydrogen) atoms. The van der Waals surface area contributed by atoms with Crippen LogP contribution in [0.4, 0.5) is 0 Å². The smallest absolute Gasteiger partial charge is 0.338 e.